The van der Waals surface area contributed by atoms with Crippen molar-refractivity contribution in [2.45, 2.75) is 173 Å². The molecule has 0 aromatic rings. The third-order valence-corrected chi connectivity index (χ3v) is 8.41. The normalized spacial score (nSPS) is 18.1. The van der Waals surface area contributed by atoms with E-state index in [-0.39, 0.29) is 28.8 Å². The molecule has 0 aromatic carbocycles. The number of rotatable bonds is 20. The van der Waals surface area contributed by atoms with Crippen molar-refractivity contribution in [1.82, 2.24) is 10.4 Å². The summed E-state index contributed by atoms with van der Waals surface area (Å²) in [4.78, 5) is 18.7. The van der Waals surface area contributed by atoms with Crippen molar-refractivity contribution < 1.29 is 22.6 Å². The van der Waals surface area contributed by atoms with Crippen LogP contribution in [-0.4, -0.2) is 52.4 Å². The Bertz CT molecular complexity index is 846. The molecule has 1 rings (SSSR count). The average Bonchev–Trinajstić information content (AvgIpc) is 2.80. The van der Waals surface area contributed by atoms with Gasteiger partial charge in [0.15, 0.2) is 5.60 Å². The van der Waals surface area contributed by atoms with Gasteiger partial charge in [-0.2, -0.15) is 18.7 Å². The van der Waals surface area contributed by atoms with Crippen LogP contribution in [0.2, 0.25) is 0 Å². The lowest BCUT2D eigenvalue weighted by atomic mass is 9.78. The molecule has 228 valence electrons. The van der Waals surface area contributed by atoms with Gasteiger partial charge in [0, 0.05) is 23.5 Å². The summed E-state index contributed by atoms with van der Waals surface area (Å²) in [6.07, 6.45) is 17.7. The van der Waals surface area contributed by atoms with Crippen LogP contribution in [0.3, 0.4) is 0 Å². The van der Waals surface area contributed by atoms with Gasteiger partial charge in [0.05, 0.1) is 11.8 Å². The van der Waals surface area contributed by atoms with Crippen molar-refractivity contribution in [3.05, 3.63) is 0 Å². The minimum absolute atomic E-state index is 0.0950. The molecular weight excluding hydrogens is 514 g/mol. The second kappa shape index (κ2) is 16.9. The maximum atomic E-state index is 12.6. The summed E-state index contributed by atoms with van der Waals surface area (Å²) in [7, 11) is -3.80. The Balaban J connectivity index is 2.08. The largest absolute Gasteiger partial charge is 0.353 e. The first-order valence-electron chi connectivity index (χ1n) is 15.2. The van der Waals surface area contributed by atoms with E-state index in [4.69, 9.17) is 9.39 Å². The number of carbonyl (C=O) groups is 1. The Morgan fingerprint density at radius 1 is 0.872 bits per heavy atom. The Morgan fingerprint density at radius 3 is 1.64 bits per heavy atom. The van der Waals surface area contributed by atoms with Crippen LogP contribution in [0.25, 0.3) is 0 Å². The molecule has 2 N–H and O–H groups in total. The van der Waals surface area contributed by atoms with Crippen LogP contribution in [0.15, 0.2) is 0 Å². The molecule has 1 amide bonds. The van der Waals surface area contributed by atoms with E-state index in [2.05, 4.69) is 39.1 Å². The van der Waals surface area contributed by atoms with Crippen LogP contribution in [0, 0.1) is 11.3 Å². The number of piperidine rings is 1. The predicted molar refractivity (Wildman–Crippen MR) is 158 cm³/mol. The number of nitrogens with one attached hydrogen (secondary N) is 1. The lowest BCUT2D eigenvalue weighted by Crippen LogP contribution is -2.65. The molecule has 1 aliphatic rings. The number of hydrogen-bond donors (Lipinski definition) is 2. The molecule has 0 radical (unpaired) electrons. The molecule has 8 nitrogen and oxygen atoms in total. The number of unbranched alkanes of at least 4 members (excludes halogenated alkanes) is 13. The van der Waals surface area contributed by atoms with Crippen molar-refractivity contribution in [2.24, 2.45) is 0 Å². The van der Waals surface area contributed by atoms with Gasteiger partial charge < -0.3 is 5.32 Å². The maximum Gasteiger partial charge on any atom is 0.264 e. The predicted octanol–water partition coefficient (Wildman–Crippen LogP) is 7.10. The molecule has 0 unspecified atom stereocenters. The van der Waals surface area contributed by atoms with E-state index < -0.39 is 15.7 Å². The molecule has 0 bridgehead atoms. The van der Waals surface area contributed by atoms with Gasteiger partial charge in [0.25, 0.3) is 10.1 Å². The molecule has 0 aliphatic carbocycles. The molecule has 39 heavy (non-hydrogen) atoms. The van der Waals surface area contributed by atoms with E-state index in [0.717, 1.165) is 44.9 Å². The molecule has 9 heteroatoms. The van der Waals surface area contributed by atoms with Crippen molar-refractivity contribution in [3.63, 3.8) is 0 Å². The fraction of sp³-hybridized carbons (Fsp3) is 0.933. The van der Waals surface area contributed by atoms with Gasteiger partial charge in [-0.1, -0.05) is 77.0 Å². The summed E-state index contributed by atoms with van der Waals surface area (Å²) in [5, 5.41) is 14.6. The molecule has 1 fully saturated rings. The highest BCUT2D eigenvalue weighted by atomic mass is 32.2. The van der Waals surface area contributed by atoms with Gasteiger partial charge in [-0.25, -0.2) is 0 Å². The number of nitriles is 1. The fourth-order valence-corrected chi connectivity index (χ4v) is 6.42. The van der Waals surface area contributed by atoms with Gasteiger partial charge >= 0.3 is 0 Å². The molecule has 1 heterocycles. The lowest BCUT2D eigenvalue weighted by Gasteiger charge is -2.55. The van der Waals surface area contributed by atoms with Crippen LogP contribution in [0.1, 0.15) is 151 Å². The van der Waals surface area contributed by atoms with Gasteiger partial charge in [0.2, 0.25) is 5.91 Å². The van der Waals surface area contributed by atoms with Crippen molar-refractivity contribution in [1.29, 1.82) is 5.26 Å². The highest BCUT2D eigenvalue weighted by Gasteiger charge is 2.48. The standard InChI is InChI=1S/C30H57N3O5S/c1-28(2)23-26(24-29(3,4)33(28)38-30(5,6)25-31)32-27(34)21-19-17-15-13-11-9-7-8-10-12-14-16-18-20-22-39(35,36)37/h26H,7-24H2,1-6H3,(H,32,34)(H,35,36,37). The summed E-state index contributed by atoms with van der Waals surface area (Å²) in [5.41, 5.74) is -1.51. The van der Waals surface area contributed by atoms with Crippen molar-refractivity contribution in [3.8, 4) is 6.07 Å². The third kappa shape index (κ3) is 16.0. The quantitative estimate of drug-likeness (QED) is 0.118. The SMILES string of the molecule is CC(C)(C#N)ON1C(C)(C)CC(NC(=O)CCCCCCCCCCCCCCCCS(=O)(=O)O)CC1(C)C. The maximum absolute atomic E-state index is 12.6. The number of hydroxylamine groups is 2. The topological polar surface area (TPSA) is 120 Å². The van der Waals surface area contributed by atoms with E-state index in [1.54, 1.807) is 13.8 Å². The number of nitrogens with zero attached hydrogens (tertiary/aromatic N) is 2. The Morgan fingerprint density at radius 2 is 1.26 bits per heavy atom. The molecular formula is C30H57N3O5S. The van der Waals surface area contributed by atoms with Gasteiger partial charge in [0.1, 0.15) is 0 Å². The zero-order valence-corrected chi connectivity index (χ0v) is 26.5. The highest BCUT2D eigenvalue weighted by Crippen LogP contribution is 2.40. The summed E-state index contributed by atoms with van der Waals surface area (Å²) < 4.78 is 30.0. The molecule has 0 aromatic heterocycles. The van der Waals surface area contributed by atoms with Crippen LogP contribution in [0.4, 0.5) is 0 Å². The summed E-state index contributed by atoms with van der Waals surface area (Å²) in [5.74, 6) is 0.0221. The average molecular weight is 572 g/mol. The smallest absolute Gasteiger partial charge is 0.264 e. The van der Waals surface area contributed by atoms with Gasteiger partial charge in [-0.05, 0) is 67.2 Å². The lowest BCUT2D eigenvalue weighted by molar-refractivity contribution is -0.318. The minimum atomic E-state index is -3.80. The summed E-state index contributed by atoms with van der Waals surface area (Å²) in [6.45, 7) is 12.0. The van der Waals surface area contributed by atoms with E-state index in [9.17, 15) is 18.5 Å². The summed E-state index contributed by atoms with van der Waals surface area (Å²) >= 11 is 0. The zero-order valence-electron chi connectivity index (χ0n) is 25.7. The van der Waals surface area contributed by atoms with E-state index in [0.29, 0.717) is 12.8 Å². The summed E-state index contributed by atoms with van der Waals surface area (Å²) in [6, 6.07) is 2.32. The molecule has 1 saturated heterocycles. The van der Waals surface area contributed by atoms with Crippen LogP contribution in [0.5, 0.6) is 0 Å². The second-order valence-electron chi connectivity index (χ2n) is 13.3. The number of hydrogen-bond acceptors (Lipinski definition) is 6. The second-order valence-corrected chi connectivity index (χ2v) is 14.9. The molecule has 0 spiro atoms. The van der Waals surface area contributed by atoms with Crippen molar-refractivity contribution in [2.75, 3.05) is 5.75 Å². The highest BCUT2D eigenvalue weighted by molar-refractivity contribution is 7.85. The van der Waals surface area contributed by atoms with E-state index in [1.165, 1.54) is 51.4 Å². The van der Waals surface area contributed by atoms with Crippen LogP contribution < -0.4 is 5.32 Å². The van der Waals surface area contributed by atoms with Crippen LogP contribution >= 0.6 is 0 Å². The molecule has 1 aliphatic heterocycles. The Kier molecular flexibility index (Phi) is 15.5. The van der Waals surface area contributed by atoms with Crippen LogP contribution in [-0.2, 0) is 19.8 Å². The Labute approximate surface area is 239 Å². The monoisotopic (exact) mass is 571 g/mol. The fourth-order valence-electron chi connectivity index (χ4n) is 5.85. The number of amides is 1. The zero-order chi connectivity index (χ0) is 29.6. The van der Waals surface area contributed by atoms with E-state index in [1.807, 2.05) is 5.06 Å². The molecule has 0 atom stereocenters. The van der Waals surface area contributed by atoms with E-state index >= 15 is 0 Å². The minimum Gasteiger partial charge on any atom is -0.353 e. The van der Waals surface area contributed by atoms with Gasteiger partial charge in [-0.3, -0.25) is 14.2 Å². The Hall–Kier alpha value is -1.21. The first kappa shape index (κ1) is 35.8. The van der Waals surface area contributed by atoms with Gasteiger partial charge in [-0.15, -0.1) is 0 Å². The third-order valence-electron chi connectivity index (χ3n) is 7.60. The first-order valence-corrected chi connectivity index (χ1v) is 16.8. The molecule has 0 saturated carbocycles. The first-order chi connectivity index (χ1) is 18.1. The number of carbonyl (C=O) groups excluding carboxylic acids is 1. The van der Waals surface area contributed by atoms with Crippen molar-refractivity contribution >= 4 is 16.0 Å².